The number of benzene rings is 4. The monoisotopic (exact) mass is 580 g/mol. The Morgan fingerprint density at radius 3 is 2.14 bits per heavy atom. The SMILES string of the molecule is Cc1ccc(S(=O)(=O)N(CC(=O)Nc2ccc(CSc3ccccc3)cc2)c2ccc(Br)cc2)cc1. The van der Waals surface area contributed by atoms with E-state index in [1.54, 1.807) is 60.3 Å². The minimum absolute atomic E-state index is 0.129. The van der Waals surface area contributed by atoms with Gasteiger partial charge in [-0.3, -0.25) is 9.10 Å². The maximum Gasteiger partial charge on any atom is 0.264 e. The Hall–Kier alpha value is -3.07. The Bertz CT molecular complexity index is 1410. The third-order valence-corrected chi connectivity index (χ3v) is 8.80. The number of aryl methyl sites for hydroxylation is 1. The number of thioether (sulfide) groups is 1. The second-order valence-corrected chi connectivity index (χ2v) is 12.0. The van der Waals surface area contributed by atoms with Gasteiger partial charge in [-0.25, -0.2) is 8.42 Å². The van der Waals surface area contributed by atoms with Gasteiger partial charge in [0.05, 0.1) is 10.6 Å². The van der Waals surface area contributed by atoms with Crippen molar-refractivity contribution in [3.63, 3.8) is 0 Å². The summed E-state index contributed by atoms with van der Waals surface area (Å²) in [6.07, 6.45) is 0. The van der Waals surface area contributed by atoms with Crippen molar-refractivity contribution in [2.45, 2.75) is 22.5 Å². The van der Waals surface area contributed by atoms with Gasteiger partial charge in [-0.1, -0.05) is 64.0 Å². The number of amides is 1. The van der Waals surface area contributed by atoms with Gasteiger partial charge < -0.3 is 5.32 Å². The molecule has 36 heavy (non-hydrogen) atoms. The number of nitrogens with zero attached hydrogens (tertiary/aromatic N) is 1. The zero-order valence-electron chi connectivity index (χ0n) is 19.6. The first-order chi connectivity index (χ1) is 17.3. The quantitative estimate of drug-likeness (QED) is 0.219. The van der Waals surface area contributed by atoms with Crippen molar-refractivity contribution in [2.75, 3.05) is 16.2 Å². The summed E-state index contributed by atoms with van der Waals surface area (Å²) in [6, 6.07) is 31.2. The summed E-state index contributed by atoms with van der Waals surface area (Å²) in [5, 5.41) is 2.83. The van der Waals surface area contributed by atoms with Crippen LogP contribution in [0.4, 0.5) is 11.4 Å². The van der Waals surface area contributed by atoms with Gasteiger partial charge >= 0.3 is 0 Å². The standard InChI is InChI=1S/C28H25BrN2O3S2/c1-21-7-17-27(18-8-21)36(33,34)31(25-15-11-23(29)12-16-25)19-28(32)30-24-13-9-22(10-14-24)20-35-26-5-3-2-4-6-26/h2-18H,19-20H2,1H3,(H,30,32). The highest BCUT2D eigenvalue weighted by Gasteiger charge is 2.27. The van der Waals surface area contributed by atoms with Crippen LogP contribution in [0.25, 0.3) is 0 Å². The maximum absolute atomic E-state index is 13.5. The Balaban J connectivity index is 1.48. The predicted octanol–water partition coefficient (Wildman–Crippen LogP) is 6.88. The smallest absolute Gasteiger partial charge is 0.264 e. The lowest BCUT2D eigenvalue weighted by molar-refractivity contribution is -0.114. The van der Waals surface area contributed by atoms with Crippen molar-refractivity contribution in [2.24, 2.45) is 0 Å². The van der Waals surface area contributed by atoms with E-state index in [2.05, 4.69) is 33.4 Å². The van der Waals surface area contributed by atoms with Crippen LogP contribution in [0.1, 0.15) is 11.1 Å². The summed E-state index contributed by atoms with van der Waals surface area (Å²) in [6.45, 7) is 1.53. The number of carbonyl (C=O) groups is 1. The number of carbonyl (C=O) groups excluding carboxylic acids is 1. The second kappa shape index (κ2) is 11.8. The first kappa shape index (κ1) is 26.0. The molecular weight excluding hydrogens is 556 g/mol. The van der Waals surface area contributed by atoms with Gasteiger partial charge in [0.15, 0.2) is 0 Å². The molecule has 0 unspecified atom stereocenters. The minimum Gasteiger partial charge on any atom is -0.325 e. The molecule has 4 aromatic carbocycles. The molecule has 1 amide bonds. The van der Waals surface area contributed by atoms with Crippen LogP contribution in [0.15, 0.2) is 117 Å². The van der Waals surface area contributed by atoms with Crippen LogP contribution in [0.5, 0.6) is 0 Å². The molecule has 4 aromatic rings. The summed E-state index contributed by atoms with van der Waals surface area (Å²) in [7, 11) is -3.96. The van der Waals surface area contributed by atoms with E-state index in [4.69, 9.17) is 0 Å². The van der Waals surface area contributed by atoms with Gasteiger partial charge in [0.1, 0.15) is 6.54 Å². The topological polar surface area (TPSA) is 66.5 Å². The highest BCUT2D eigenvalue weighted by atomic mass is 79.9. The van der Waals surface area contributed by atoms with Crippen molar-refractivity contribution in [3.05, 3.63) is 119 Å². The lowest BCUT2D eigenvalue weighted by Gasteiger charge is -2.24. The predicted molar refractivity (Wildman–Crippen MR) is 151 cm³/mol. The van der Waals surface area contributed by atoms with Gasteiger partial charge in [0.25, 0.3) is 10.0 Å². The van der Waals surface area contributed by atoms with E-state index in [9.17, 15) is 13.2 Å². The molecule has 0 spiro atoms. The number of hydrogen-bond acceptors (Lipinski definition) is 4. The van der Waals surface area contributed by atoms with Gasteiger partial charge in [-0.05, 0) is 73.2 Å². The number of hydrogen-bond donors (Lipinski definition) is 1. The maximum atomic E-state index is 13.5. The number of sulfonamides is 1. The Labute approximate surface area is 224 Å². The number of halogens is 1. The van der Waals surface area contributed by atoms with Crippen LogP contribution in [0.2, 0.25) is 0 Å². The van der Waals surface area contributed by atoms with Crippen LogP contribution in [-0.4, -0.2) is 20.9 Å². The van der Waals surface area contributed by atoms with Crippen LogP contribution >= 0.6 is 27.7 Å². The van der Waals surface area contributed by atoms with Crippen LogP contribution < -0.4 is 9.62 Å². The number of nitrogens with one attached hydrogen (secondary N) is 1. The molecule has 0 heterocycles. The number of rotatable bonds is 9. The molecule has 0 aliphatic heterocycles. The minimum atomic E-state index is -3.96. The van der Waals surface area contributed by atoms with E-state index in [0.717, 1.165) is 25.7 Å². The average molecular weight is 582 g/mol. The average Bonchev–Trinajstić information content (AvgIpc) is 2.88. The molecule has 8 heteroatoms. The van der Waals surface area contributed by atoms with Gasteiger partial charge in [-0.2, -0.15) is 0 Å². The number of anilines is 2. The Kier molecular flexibility index (Phi) is 8.51. The Morgan fingerprint density at radius 2 is 1.50 bits per heavy atom. The van der Waals surface area contributed by atoms with Gasteiger partial charge in [-0.15, -0.1) is 11.8 Å². The molecule has 0 fully saturated rings. The lowest BCUT2D eigenvalue weighted by Crippen LogP contribution is -2.38. The van der Waals surface area contributed by atoms with Crippen molar-refractivity contribution in [1.29, 1.82) is 0 Å². The zero-order valence-corrected chi connectivity index (χ0v) is 22.8. The van der Waals surface area contributed by atoms with Crippen molar-refractivity contribution in [3.8, 4) is 0 Å². The van der Waals surface area contributed by atoms with E-state index in [1.165, 1.54) is 4.90 Å². The van der Waals surface area contributed by atoms with E-state index in [-0.39, 0.29) is 11.4 Å². The largest absolute Gasteiger partial charge is 0.325 e. The van der Waals surface area contributed by atoms with E-state index in [0.29, 0.717) is 11.4 Å². The highest BCUT2D eigenvalue weighted by Crippen LogP contribution is 2.26. The summed E-state index contributed by atoms with van der Waals surface area (Å²) >= 11 is 5.11. The summed E-state index contributed by atoms with van der Waals surface area (Å²) < 4.78 is 28.9. The molecule has 0 bridgehead atoms. The van der Waals surface area contributed by atoms with Crippen molar-refractivity contribution >= 4 is 55.0 Å². The summed E-state index contributed by atoms with van der Waals surface area (Å²) in [4.78, 5) is 14.3. The fraction of sp³-hybridized carbons (Fsp3) is 0.107. The molecule has 4 rings (SSSR count). The zero-order chi connectivity index (χ0) is 25.5. The van der Waals surface area contributed by atoms with Gasteiger partial charge in [0, 0.05) is 20.8 Å². The molecule has 0 saturated heterocycles. The van der Waals surface area contributed by atoms with Crippen molar-refractivity contribution in [1.82, 2.24) is 0 Å². The molecule has 1 N–H and O–H groups in total. The van der Waals surface area contributed by atoms with Gasteiger partial charge in [0.2, 0.25) is 5.91 Å². The first-order valence-electron chi connectivity index (χ1n) is 11.2. The van der Waals surface area contributed by atoms with Crippen LogP contribution in [-0.2, 0) is 20.6 Å². The summed E-state index contributed by atoms with van der Waals surface area (Å²) in [5.74, 6) is 0.379. The molecule has 5 nitrogen and oxygen atoms in total. The fourth-order valence-corrected chi connectivity index (χ4v) is 6.02. The Morgan fingerprint density at radius 1 is 0.861 bits per heavy atom. The van der Waals surface area contributed by atoms with E-state index < -0.39 is 15.9 Å². The molecule has 0 aromatic heterocycles. The van der Waals surface area contributed by atoms with E-state index in [1.807, 2.05) is 49.4 Å². The molecule has 0 saturated carbocycles. The second-order valence-electron chi connectivity index (χ2n) is 8.15. The first-order valence-corrected chi connectivity index (χ1v) is 14.4. The van der Waals surface area contributed by atoms with Crippen LogP contribution in [0, 0.1) is 6.92 Å². The molecular formula is C28H25BrN2O3S2. The molecule has 0 aliphatic carbocycles. The fourth-order valence-electron chi connectivity index (χ4n) is 3.46. The molecule has 184 valence electrons. The molecule has 0 atom stereocenters. The third-order valence-electron chi connectivity index (χ3n) is 5.40. The molecule has 0 aliphatic rings. The lowest BCUT2D eigenvalue weighted by atomic mass is 10.2. The molecule has 0 radical (unpaired) electrons. The van der Waals surface area contributed by atoms with Crippen LogP contribution in [0.3, 0.4) is 0 Å². The highest BCUT2D eigenvalue weighted by molar-refractivity contribution is 9.10. The van der Waals surface area contributed by atoms with E-state index >= 15 is 0 Å². The third kappa shape index (κ3) is 6.78. The summed E-state index contributed by atoms with van der Waals surface area (Å²) in [5.41, 5.74) is 3.09. The van der Waals surface area contributed by atoms with Crippen molar-refractivity contribution < 1.29 is 13.2 Å². The normalized spacial score (nSPS) is 11.2.